The van der Waals surface area contributed by atoms with Gasteiger partial charge in [0.15, 0.2) is 0 Å². The highest BCUT2D eigenvalue weighted by Crippen LogP contribution is 2.62. The maximum absolute atomic E-state index is 5.32. The van der Waals surface area contributed by atoms with Crippen LogP contribution < -0.4 is 0 Å². The van der Waals surface area contributed by atoms with Gasteiger partial charge in [-0.05, 0) is 96.4 Å². The summed E-state index contributed by atoms with van der Waals surface area (Å²) in [5, 5.41) is 5.16. The number of hydrogen-bond acceptors (Lipinski definition) is 1. The molecular weight excluding hydrogens is 605 g/mol. The summed E-state index contributed by atoms with van der Waals surface area (Å²) in [6, 6.07) is 62.2. The Balaban J connectivity index is 1.33. The summed E-state index contributed by atoms with van der Waals surface area (Å²) in [7, 11) is 0. The summed E-state index contributed by atoms with van der Waals surface area (Å²) in [6.07, 6.45) is 4.63. The van der Waals surface area contributed by atoms with Gasteiger partial charge in [-0.15, -0.1) is 0 Å². The average molecular weight is 635 g/mol. The number of aromatic nitrogens is 2. The molecule has 2 aliphatic rings. The van der Waals surface area contributed by atoms with E-state index >= 15 is 0 Å². The van der Waals surface area contributed by atoms with Gasteiger partial charge in [-0.1, -0.05) is 152 Å². The molecule has 50 heavy (non-hydrogen) atoms. The van der Waals surface area contributed by atoms with E-state index in [0.29, 0.717) is 0 Å². The van der Waals surface area contributed by atoms with Crippen LogP contribution in [0.25, 0.3) is 72.9 Å². The minimum atomic E-state index is -0.579. The second-order valence-corrected chi connectivity index (χ2v) is 13.5. The predicted octanol–water partition coefficient (Wildman–Crippen LogP) is 11.8. The third kappa shape index (κ3) is 3.55. The Morgan fingerprint density at radius 3 is 1.92 bits per heavy atom. The van der Waals surface area contributed by atoms with Crippen molar-refractivity contribution in [3.63, 3.8) is 0 Å². The van der Waals surface area contributed by atoms with E-state index in [2.05, 4.69) is 187 Å². The molecule has 11 rings (SSSR count). The Morgan fingerprint density at radius 1 is 0.460 bits per heavy atom. The van der Waals surface area contributed by atoms with Crippen molar-refractivity contribution in [3.8, 4) is 28.2 Å². The van der Waals surface area contributed by atoms with Gasteiger partial charge >= 0.3 is 0 Å². The van der Waals surface area contributed by atoms with Gasteiger partial charge in [0.05, 0.1) is 16.4 Å². The first-order chi connectivity index (χ1) is 24.8. The Hall–Kier alpha value is -6.51. The van der Waals surface area contributed by atoms with Gasteiger partial charge < -0.3 is 0 Å². The van der Waals surface area contributed by atoms with Crippen LogP contribution in [0.5, 0.6) is 0 Å². The first-order valence-corrected chi connectivity index (χ1v) is 17.3. The number of nitrogens with zero attached hydrogens (tertiary/aromatic N) is 2. The third-order valence-electron chi connectivity index (χ3n) is 11.0. The van der Waals surface area contributed by atoms with Gasteiger partial charge in [0.2, 0.25) is 0 Å². The van der Waals surface area contributed by atoms with Crippen molar-refractivity contribution in [3.05, 3.63) is 203 Å². The highest BCUT2D eigenvalue weighted by molar-refractivity contribution is 6.19. The third-order valence-corrected chi connectivity index (χ3v) is 11.0. The van der Waals surface area contributed by atoms with Crippen LogP contribution in [-0.2, 0) is 5.41 Å². The molecule has 0 amide bonds. The largest absolute Gasteiger partial charge is 0.292 e. The standard InChI is InChI=1S/C48H30N2/c1-2-15-34(16-3-1)50-44-25-13-12-24-43(44)49-47(50)33-29-28-32-27-26-31-14-4-10-22-40(31)48(42(32)30-33)41-23-11-9-21-39(41)45-37-19-7-5-17-35(37)36-18-6-8-20-38(36)46(45)48/h1-30H. The molecule has 8 aromatic carbocycles. The lowest BCUT2D eigenvalue weighted by molar-refractivity contribution is 0.773. The number of hydrogen-bond donors (Lipinski definition) is 0. The highest BCUT2D eigenvalue weighted by Gasteiger charge is 2.50. The molecule has 0 aliphatic heterocycles. The lowest BCUT2D eigenvalue weighted by Crippen LogP contribution is -2.30. The predicted molar refractivity (Wildman–Crippen MR) is 208 cm³/mol. The summed E-state index contributed by atoms with van der Waals surface area (Å²) >= 11 is 0. The van der Waals surface area contributed by atoms with Crippen LogP contribution in [-0.4, -0.2) is 9.55 Å². The maximum atomic E-state index is 5.32. The summed E-state index contributed by atoms with van der Waals surface area (Å²) < 4.78 is 2.31. The van der Waals surface area contributed by atoms with Crippen molar-refractivity contribution >= 4 is 44.7 Å². The average Bonchev–Trinajstić information content (AvgIpc) is 3.68. The molecule has 0 fully saturated rings. The molecule has 0 saturated heterocycles. The van der Waals surface area contributed by atoms with Crippen molar-refractivity contribution in [2.24, 2.45) is 0 Å². The Kier molecular flexibility index (Phi) is 5.62. The number of para-hydroxylation sites is 3. The zero-order chi connectivity index (χ0) is 32.8. The molecule has 1 atom stereocenters. The second kappa shape index (κ2) is 10.2. The molecule has 1 unspecified atom stereocenters. The Labute approximate surface area is 290 Å². The van der Waals surface area contributed by atoms with E-state index < -0.39 is 5.41 Å². The van der Waals surface area contributed by atoms with Gasteiger partial charge in [0, 0.05) is 11.3 Å². The highest BCUT2D eigenvalue weighted by atomic mass is 15.1. The monoisotopic (exact) mass is 634 g/mol. The number of fused-ring (bicyclic) bond motifs is 15. The Morgan fingerprint density at radius 2 is 1.08 bits per heavy atom. The summed E-state index contributed by atoms with van der Waals surface area (Å²) in [5.41, 5.74) is 14.0. The van der Waals surface area contributed by atoms with Crippen LogP contribution in [0, 0.1) is 0 Å². The minimum Gasteiger partial charge on any atom is -0.292 e. The minimum absolute atomic E-state index is 0.579. The molecule has 232 valence electrons. The second-order valence-electron chi connectivity index (χ2n) is 13.5. The summed E-state index contributed by atoms with van der Waals surface area (Å²) in [5.74, 6) is 0.937. The molecule has 0 N–H and O–H groups in total. The van der Waals surface area contributed by atoms with Crippen LogP contribution in [0.15, 0.2) is 170 Å². The fourth-order valence-electron chi connectivity index (χ4n) is 9.06. The SMILES string of the molecule is C1=Cc2ccc(-c3nc4ccccc4n3-c3ccccc3)cc2C2(c3ccccc31)c1ccccc1-c1c2c2ccccc2c2ccccc12. The molecule has 0 bridgehead atoms. The van der Waals surface area contributed by atoms with Crippen molar-refractivity contribution in [2.75, 3.05) is 0 Å². The molecule has 1 spiro atoms. The van der Waals surface area contributed by atoms with Gasteiger partial charge in [0.1, 0.15) is 5.82 Å². The summed E-state index contributed by atoms with van der Waals surface area (Å²) in [4.78, 5) is 5.32. The lowest BCUT2D eigenvalue weighted by Gasteiger charge is -2.36. The summed E-state index contributed by atoms with van der Waals surface area (Å²) in [6.45, 7) is 0. The van der Waals surface area contributed by atoms with Crippen LogP contribution in [0.1, 0.15) is 33.4 Å². The molecule has 0 radical (unpaired) electrons. The topological polar surface area (TPSA) is 17.8 Å². The molecule has 2 nitrogen and oxygen atoms in total. The molecule has 1 heterocycles. The van der Waals surface area contributed by atoms with Crippen LogP contribution >= 0.6 is 0 Å². The molecule has 2 heteroatoms. The van der Waals surface area contributed by atoms with E-state index in [1.165, 1.54) is 66.1 Å². The number of rotatable bonds is 2. The van der Waals surface area contributed by atoms with Crippen molar-refractivity contribution in [2.45, 2.75) is 5.41 Å². The van der Waals surface area contributed by atoms with Crippen LogP contribution in [0.2, 0.25) is 0 Å². The zero-order valence-corrected chi connectivity index (χ0v) is 27.2. The fourth-order valence-corrected chi connectivity index (χ4v) is 9.06. The van der Waals surface area contributed by atoms with Crippen LogP contribution in [0.3, 0.4) is 0 Å². The van der Waals surface area contributed by atoms with Crippen molar-refractivity contribution in [1.29, 1.82) is 0 Å². The van der Waals surface area contributed by atoms with Crippen molar-refractivity contribution in [1.82, 2.24) is 9.55 Å². The molecule has 0 saturated carbocycles. The zero-order valence-electron chi connectivity index (χ0n) is 27.2. The van der Waals surface area contributed by atoms with Crippen molar-refractivity contribution < 1.29 is 0 Å². The van der Waals surface area contributed by atoms with Gasteiger partial charge in [-0.3, -0.25) is 4.57 Å². The number of benzene rings is 8. The van der Waals surface area contributed by atoms with E-state index in [-0.39, 0.29) is 0 Å². The smallest absolute Gasteiger partial charge is 0.145 e. The molecule has 2 aliphatic carbocycles. The normalized spacial score (nSPS) is 15.6. The van der Waals surface area contributed by atoms with Gasteiger partial charge in [0.25, 0.3) is 0 Å². The Bertz CT molecular complexity index is 2870. The van der Waals surface area contributed by atoms with E-state index in [0.717, 1.165) is 28.1 Å². The first kappa shape index (κ1) is 27.4. The molecule has 9 aromatic rings. The molecule has 1 aromatic heterocycles. The van der Waals surface area contributed by atoms with Crippen LogP contribution in [0.4, 0.5) is 0 Å². The van der Waals surface area contributed by atoms with Gasteiger partial charge in [-0.25, -0.2) is 4.98 Å². The van der Waals surface area contributed by atoms with E-state index in [1.807, 2.05) is 0 Å². The molecular formula is C48H30N2. The fraction of sp³-hybridized carbons (Fsp3) is 0.0208. The van der Waals surface area contributed by atoms with E-state index in [4.69, 9.17) is 4.98 Å². The maximum Gasteiger partial charge on any atom is 0.145 e. The number of imidazole rings is 1. The van der Waals surface area contributed by atoms with E-state index in [9.17, 15) is 0 Å². The quantitative estimate of drug-likeness (QED) is 0.173. The lowest BCUT2D eigenvalue weighted by atomic mass is 9.64. The van der Waals surface area contributed by atoms with E-state index in [1.54, 1.807) is 0 Å². The first-order valence-electron chi connectivity index (χ1n) is 17.3. The van der Waals surface area contributed by atoms with Gasteiger partial charge in [-0.2, -0.15) is 0 Å².